The van der Waals surface area contributed by atoms with E-state index >= 15 is 0 Å². The summed E-state index contributed by atoms with van der Waals surface area (Å²) in [7, 11) is 1.55. The van der Waals surface area contributed by atoms with Crippen LogP contribution in [0.1, 0.15) is 17.4 Å². The normalized spacial score (nSPS) is 14.9. The lowest BCUT2D eigenvalue weighted by molar-refractivity contribution is -0.129. The van der Waals surface area contributed by atoms with Crippen LogP contribution in [0.2, 0.25) is 0 Å². The van der Waals surface area contributed by atoms with Crippen LogP contribution in [0, 0.1) is 6.92 Å². The van der Waals surface area contributed by atoms with Crippen LogP contribution in [0.15, 0.2) is 42.5 Å². The second-order valence-electron chi connectivity index (χ2n) is 5.14. The minimum absolute atomic E-state index is 0.107. The molecule has 2 aromatic rings. The molecule has 0 saturated carbocycles. The summed E-state index contributed by atoms with van der Waals surface area (Å²) in [5, 5.41) is 0. The van der Waals surface area contributed by atoms with Crippen molar-refractivity contribution in [3.8, 4) is 5.88 Å². The van der Waals surface area contributed by atoms with E-state index in [-0.39, 0.29) is 5.91 Å². The van der Waals surface area contributed by atoms with Crippen molar-refractivity contribution in [1.82, 2.24) is 4.98 Å². The molecule has 1 amide bonds. The largest absolute Gasteiger partial charge is 0.474 e. The molecule has 0 unspecified atom stereocenters. The number of fused-ring (bicyclic) bond motifs is 1. The SMILES string of the molecule is CO[C@H](C(=O)N1CCOc2nc(C)ccc21)c1ccccc1. The Balaban J connectivity index is 1.93. The van der Waals surface area contributed by atoms with Crippen molar-refractivity contribution in [2.45, 2.75) is 13.0 Å². The molecule has 114 valence electrons. The predicted octanol–water partition coefficient (Wildman–Crippen LogP) is 2.50. The summed E-state index contributed by atoms with van der Waals surface area (Å²) in [4.78, 5) is 18.9. The number of amides is 1. The van der Waals surface area contributed by atoms with E-state index in [9.17, 15) is 4.79 Å². The molecule has 3 rings (SSSR count). The zero-order chi connectivity index (χ0) is 15.5. The molecule has 0 spiro atoms. The molecule has 1 aromatic carbocycles. The van der Waals surface area contributed by atoms with Gasteiger partial charge in [-0.05, 0) is 24.6 Å². The van der Waals surface area contributed by atoms with E-state index in [1.165, 1.54) is 0 Å². The average Bonchev–Trinajstić information content (AvgIpc) is 2.55. The molecule has 1 aromatic heterocycles. The number of hydrogen-bond acceptors (Lipinski definition) is 4. The van der Waals surface area contributed by atoms with Crippen molar-refractivity contribution in [1.29, 1.82) is 0 Å². The molecule has 1 aliphatic rings. The fraction of sp³-hybridized carbons (Fsp3) is 0.294. The third-order valence-electron chi connectivity index (χ3n) is 3.65. The first kappa shape index (κ1) is 14.5. The number of carbonyl (C=O) groups excluding carboxylic acids is 1. The van der Waals surface area contributed by atoms with E-state index < -0.39 is 6.10 Å². The molecule has 5 nitrogen and oxygen atoms in total. The van der Waals surface area contributed by atoms with Crippen LogP contribution < -0.4 is 9.64 Å². The minimum Gasteiger partial charge on any atom is -0.474 e. The standard InChI is InChI=1S/C17H18N2O3/c1-12-8-9-14-16(18-12)22-11-10-19(14)17(20)15(21-2)13-6-4-3-5-7-13/h3-9,15H,10-11H2,1-2H3/t15-/m0/s1. The fourth-order valence-corrected chi connectivity index (χ4v) is 2.57. The Morgan fingerprint density at radius 3 is 2.77 bits per heavy atom. The Labute approximate surface area is 129 Å². The van der Waals surface area contributed by atoms with Crippen molar-refractivity contribution in [2.24, 2.45) is 0 Å². The molecule has 0 bridgehead atoms. The first-order valence-corrected chi connectivity index (χ1v) is 7.20. The topological polar surface area (TPSA) is 51.7 Å². The van der Waals surface area contributed by atoms with E-state index in [4.69, 9.17) is 9.47 Å². The van der Waals surface area contributed by atoms with Gasteiger partial charge in [-0.15, -0.1) is 0 Å². The second kappa shape index (κ2) is 6.15. The van der Waals surface area contributed by atoms with Gasteiger partial charge >= 0.3 is 0 Å². The Bertz CT molecular complexity index is 673. The Morgan fingerprint density at radius 2 is 2.05 bits per heavy atom. The smallest absolute Gasteiger partial charge is 0.260 e. The number of benzene rings is 1. The summed E-state index contributed by atoms with van der Waals surface area (Å²) < 4.78 is 11.0. The van der Waals surface area contributed by atoms with Crippen molar-refractivity contribution in [3.05, 3.63) is 53.7 Å². The van der Waals surface area contributed by atoms with Gasteiger partial charge in [0.1, 0.15) is 12.3 Å². The van der Waals surface area contributed by atoms with Crippen molar-refractivity contribution < 1.29 is 14.3 Å². The van der Waals surface area contributed by atoms with Gasteiger partial charge in [-0.1, -0.05) is 30.3 Å². The zero-order valence-corrected chi connectivity index (χ0v) is 12.7. The summed E-state index contributed by atoms with van der Waals surface area (Å²) in [6.07, 6.45) is -0.631. The van der Waals surface area contributed by atoms with Crippen LogP contribution in [-0.2, 0) is 9.53 Å². The molecule has 1 aliphatic heterocycles. The first-order valence-electron chi connectivity index (χ1n) is 7.20. The summed E-state index contributed by atoms with van der Waals surface area (Å²) in [5.41, 5.74) is 2.39. The summed E-state index contributed by atoms with van der Waals surface area (Å²) in [6, 6.07) is 13.2. The van der Waals surface area contributed by atoms with Crippen LogP contribution in [-0.4, -0.2) is 31.2 Å². The van der Waals surface area contributed by atoms with Gasteiger partial charge in [-0.3, -0.25) is 4.79 Å². The Kier molecular flexibility index (Phi) is 4.06. The number of aryl methyl sites for hydroxylation is 1. The number of carbonyl (C=O) groups is 1. The van der Waals surface area contributed by atoms with Gasteiger partial charge < -0.3 is 14.4 Å². The highest BCUT2D eigenvalue weighted by molar-refractivity contribution is 5.98. The van der Waals surface area contributed by atoms with E-state index in [2.05, 4.69) is 4.98 Å². The van der Waals surface area contributed by atoms with Gasteiger partial charge in [0.05, 0.1) is 6.54 Å². The quantitative estimate of drug-likeness (QED) is 0.873. The van der Waals surface area contributed by atoms with Crippen molar-refractivity contribution in [3.63, 3.8) is 0 Å². The molecular weight excluding hydrogens is 280 g/mol. The molecule has 0 N–H and O–H groups in total. The number of ether oxygens (including phenoxy) is 2. The van der Waals surface area contributed by atoms with Crippen LogP contribution in [0.25, 0.3) is 0 Å². The zero-order valence-electron chi connectivity index (χ0n) is 12.7. The van der Waals surface area contributed by atoms with Gasteiger partial charge in [-0.2, -0.15) is 0 Å². The van der Waals surface area contributed by atoms with E-state index in [0.29, 0.717) is 24.7 Å². The number of anilines is 1. The minimum atomic E-state index is -0.631. The maximum Gasteiger partial charge on any atom is 0.260 e. The van der Waals surface area contributed by atoms with Crippen molar-refractivity contribution >= 4 is 11.6 Å². The molecular formula is C17H18N2O3. The lowest BCUT2D eigenvalue weighted by Crippen LogP contribution is -2.41. The van der Waals surface area contributed by atoms with Gasteiger partial charge in [0.2, 0.25) is 5.88 Å². The lowest BCUT2D eigenvalue weighted by Gasteiger charge is -2.31. The number of rotatable bonds is 3. The van der Waals surface area contributed by atoms with Gasteiger partial charge in [0.15, 0.2) is 6.10 Å². The molecule has 22 heavy (non-hydrogen) atoms. The molecule has 1 atom stereocenters. The highest BCUT2D eigenvalue weighted by atomic mass is 16.5. The summed E-state index contributed by atoms with van der Waals surface area (Å²) in [5.74, 6) is 0.395. The molecule has 0 radical (unpaired) electrons. The Morgan fingerprint density at radius 1 is 1.27 bits per heavy atom. The molecule has 2 heterocycles. The first-order chi connectivity index (χ1) is 10.7. The number of aromatic nitrogens is 1. The average molecular weight is 298 g/mol. The lowest BCUT2D eigenvalue weighted by atomic mass is 10.1. The monoisotopic (exact) mass is 298 g/mol. The maximum atomic E-state index is 12.9. The van der Waals surface area contributed by atoms with Crippen molar-refractivity contribution in [2.75, 3.05) is 25.2 Å². The van der Waals surface area contributed by atoms with Crippen LogP contribution in [0.5, 0.6) is 5.88 Å². The Hall–Kier alpha value is -2.40. The van der Waals surface area contributed by atoms with Gasteiger partial charge in [0, 0.05) is 12.8 Å². The molecule has 0 aliphatic carbocycles. The van der Waals surface area contributed by atoms with Gasteiger partial charge in [0.25, 0.3) is 5.91 Å². The number of pyridine rings is 1. The summed E-state index contributed by atoms with van der Waals surface area (Å²) in [6.45, 7) is 2.82. The van der Waals surface area contributed by atoms with E-state index in [1.54, 1.807) is 12.0 Å². The van der Waals surface area contributed by atoms with E-state index in [1.807, 2.05) is 49.4 Å². The molecule has 0 fully saturated rings. The van der Waals surface area contributed by atoms with Crippen LogP contribution >= 0.6 is 0 Å². The number of nitrogens with zero attached hydrogens (tertiary/aromatic N) is 2. The second-order valence-corrected chi connectivity index (χ2v) is 5.14. The predicted molar refractivity (Wildman–Crippen MR) is 83.0 cm³/mol. The highest BCUT2D eigenvalue weighted by Crippen LogP contribution is 2.32. The third kappa shape index (κ3) is 2.67. The van der Waals surface area contributed by atoms with Crippen LogP contribution in [0.4, 0.5) is 5.69 Å². The molecule has 5 heteroatoms. The maximum absolute atomic E-state index is 12.9. The highest BCUT2D eigenvalue weighted by Gasteiger charge is 2.31. The summed E-state index contributed by atoms with van der Waals surface area (Å²) >= 11 is 0. The van der Waals surface area contributed by atoms with Crippen LogP contribution in [0.3, 0.4) is 0 Å². The molecule has 0 saturated heterocycles. The third-order valence-corrected chi connectivity index (χ3v) is 3.65. The van der Waals surface area contributed by atoms with Gasteiger partial charge in [-0.25, -0.2) is 4.98 Å². The fourth-order valence-electron chi connectivity index (χ4n) is 2.57. The number of methoxy groups -OCH3 is 1. The number of hydrogen-bond donors (Lipinski definition) is 0. The van der Waals surface area contributed by atoms with E-state index in [0.717, 1.165) is 11.3 Å².